The average molecular weight is 170 g/mol. The van der Waals surface area contributed by atoms with Gasteiger partial charge in [-0.3, -0.25) is 4.79 Å². The molecule has 0 rings (SSSR count). The Kier molecular flexibility index (Phi) is 6.38. The number of carbonyl (C=O) groups excluding carboxylic acids is 1. The maximum Gasteiger partial charge on any atom is 0.220 e. The SMILES string of the molecule is C=CCNC(=O)CCCN(C)C. The lowest BCUT2D eigenvalue weighted by atomic mass is 10.3. The quantitative estimate of drug-likeness (QED) is 0.593. The minimum absolute atomic E-state index is 0.108. The minimum atomic E-state index is 0.108. The zero-order valence-electron chi connectivity index (χ0n) is 7.97. The predicted octanol–water partition coefficient (Wildman–Crippen LogP) is 0.630. The van der Waals surface area contributed by atoms with Gasteiger partial charge in [-0.25, -0.2) is 0 Å². The smallest absolute Gasteiger partial charge is 0.220 e. The van der Waals surface area contributed by atoms with Crippen LogP contribution in [0.2, 0.25) is 0 Å². The summed E-state index contributed by atoms with van der Waals surface area (Å²) in [6.07, 6.45) is 3.20. The number of carbonyl (C=O) groups is 1. The molecule has 3 heteroatoms. The van der Waals surface area contributed by atoms with Gasteiger partial charge in [0.1, 0.15) is 0 Å². The summed E-state index contributed by atoms with van der Waals surface area (Å²) in [6.45, 7) is 5.05. The maximum atomic E-state index is 11.0. The van der Waals surface area contributed by atoms with E-state index >= 15 is 0 Å². The number of amides is 1. The molecular weight excluding hydrogens is 152 g/mol. The van der Waals surface area contributed by atoms with Gasteiger partial charge in [0.05, 0.1) is 0 Å². The predicted molar refractivity (Wildman–Crippen MR) is 51.0 cm³/mol. The molecule has 0 aliphatic rings. The summed E-state index contributed by atoms with van der Waals surface area (Å²) in [6, 6.07) is 0. The number of hydrogen-bond donors (Lipinski definition) is 1. The van der Waals surface area contributed by atoms with Gasteiger partial charge in [-0.1, -0.05) is 6.08 Å². The molecule has 0 saturated heterocycles. The van der Waals surface area contributed by atoms with Crippen LogP contribution in [0.15, 0.2) is 12.7 Å². The molecule has 0 spiro atoms. The van der Waals surface area contributed by atoms with Crippen LogP contribution in [0.3, 0.4) is 0 Å². The number of hydrogen-bond acceptors (Lipinski definition) is 2. The van der Waals surface area contributed by atoms with E-state index in [9.17, 15) is 4.79 Å². The molecule has 70 valence electrons. The molecule has 0 aromatic heterocycles. The summed E-state index contributed by atoms with van der Waals surface area (Å²) in [5.74, 6) is 0.108. The van der Waals surface area contributed by atoms with Gasteiger partial charge in [0.15, 0.2) is 0 Å². The molecule has 12 heavy (non-hydrogen) atoms. The van der Waals surface area contributed by atoms with Gasteiger partial charge in [0.2, 0.25) is 5.91 Å². The van der Waals surface area contributed by atoms with Crippen molar-refractivity contribution in [1.82, 2.24) is 10.2 Å². The van der Waals surface area contributed by atoms with Crippen molar-refractivity contribution in [3.8, 4) is 0 Å². The molecule has 0 aromatic carbocycles. The topological polar surface area (TPSA) is 32.3 Å². The van der Waals surface area contributed by atoms with E-state index < -0.39 is 0 Å². The van der Waals surface area contributed by atoms with E-state index in [1.165, 1.54) is 0 Å². The van der Waals surface area contributed by atoms with E-state index in [0.29, 0.717) is 13.0 Å². The Bertz CT molecular complexity index is 143. The van der Waals surface area contributed by atoms with Crippen molar-refractivity contribution in [2.24, 2.45) is 0 Å². The van der Waals surface area contributed by atoms with Crippen LogP contribution in [0.5, 0.6) is 0 Å². The average Bonchev–Trinajstić information content (AvgIpc) is 2.00. The molecule has 0 unspecified atom stereocenters. The Balaban J connectivity index is 3.25. The van der Waals surface area contributed by atoms with E-state index in [2.05, 4.69) is 16.8 Å². The van der Waals surface area contributed by atoms with E-state index in [4.69, 9.17) is 0 Å². The molecule has 0 aliphatic heterocycles. The monoisotopic (exact) mass is 170 g/mol. The van der Waals surface area contributed by atoms with Crippen LogP contribution < -0.4 is 5.32 Å². The van der Waals surface area contributed by atoms with Gasteiger partial charge in [-0.05, 0) is 27.1 Å². The standard InChI is InChI=1S/C9H18N2O/c1-4-7-10-9(12)6-5-8-11(2)3/h4H,1,5-8H2,2-3H3,(H,10,12). The van der Waals surface area contributed by atoms with Gasteiger partial charge < -0.3 is 10.2 Å². The van der Waals surface area contributed by atoms with Crippen molar-refractivity contribution in [2.75, 3.05) is 27.2 Å². The van der Waals surface area contributed by atoms with Gasteiger partial charge in [-0.2, -0.15) is 0 Å². The van der Waals surface area contributed by atoms with E-state index in [1.54, 1.807) is 6.08 Å². The van der Waals surface area contributed by atoms with Crippen LogP contribution >= 0.6 is 0 Å². The molecule has 0 fully saturated rings. The highest BCUT2D eigenvalue weighted by Crippen LogP contribution is 1.90. The van der Waals surface area contributed by atoms with Crippen molar-refractivity contribution in [3.63, 3.8) is 0 Å². The third-order valence-corrected chi connectivity index (χ3v) is 1.45. The van der Waals surface area contributed by atoms with Crippen molar-refractivity contribution in [1.29, 1.82) is 0 Å². The molecule has 0 bridgehead atoms. The molecule has 1 N–H and O–H groups in total. The highest BCUT2D eigenvalue weighted by atomic mass is 16.1. The van der Waals surface area contributed by atoms with Gasteiger partial charge in [-0.15, -0.1) is 6.58 Å². The second kappa shape index (κ2) is 6.85. The second-order valence-corrected chi connectivity index (χ2v) is 3.00. The van der Waals surface area contributed by atoms with E-state index in [0.717, 1.165) is 13.0 Å². The van der Waals surface area contributed by atoms with E-state index in [1.807, 2.05) is 14.1 Å². The molecule has 0 aliphatic carbocycles. The van der Waals surface area contributed by atoms with Crippen LogP contribution in [0.4, 0.5) is 0 Å². The van der Waals surface area contributed by atoms with Gasteiger partial charge in [0.25, 0.3) is 0 Å². The Morgan fingerprint density at radius 1 is 1.58 bits per heavy atom. The normalized spacial score (nSPS) is 9.92. The molecule has 0 saturated carbocycles. The molecule has 3 nitrogen and oxygen atoms in total. The zero-order chi connectivity index (χ0) is 9.40. The third-order valence-electron chi connectivity index (χ3n) is 1.45. The maximum absolute atomic E-state index is 11.0. The highest BCUT2D eigenvalue weighted by Gasteiger charge is 1.98. The number of rotatable bonds is 6. The molecular formula is C9H18N2O. The Morgan fingerprint density at radius 2 is 2.25 bits per heavy atom. The lowest BCUT2D eigenvalue weighted by Gasteiger charge is -2.08. The Labute approximate surface area is 74.4 Å². The van der Waals surface area contributed by atoms with E-state index in [-0.39, 0.29) is 5.91 Å². The summed E-state index contributed by atoms with van der Waals surface area (Å²) in [7, 11) is 4.00. The summed E-state index contributed by atoms with van der Waals surface area (Å²) < 4.78 is 0. The van der Waals surface area contributed by atoms with Crippen molar-refractivity contribution in [2.45, 2.75) is 12.8 Å². The largest absolute Gasteiger partial charge is 0.353 e. The first-order valence-electron chi connectivity index (χ1n) is 4.19. The van der Waals surface area contributed by atoms with Gasteiger partial charge in [0, 0.05) is 13.0 Å². The van der Waals surface area contributed by atoms with Crippen LogP contribution in [0.1, 0.15) is 12.8 Å². The molecule has 0 heterocycles. The highest BCUT2D eigenvalue weighted by molar-refractivity contribution is 5.75. The van der Waals surface area contributed by atoms with Crippen molar-refractivity contribution < 1.29 is 4.79 Å². The summed E-state index contributed by atoms with van der Waals surface area (Å²) in [4.78, 5) is 13.1. The van der Waals surface area contributed by atoms with Crippen molar-refractivity contribution in [3.05, 3.63) is 12.7 Å². The fraction of sp³-hybridized carbons (Fsp3) is 0.667. The summed E-state index contributed by atoms with van der Waals surface area (Å²) >= 11 is 0. The van der Waals surface area contributed by atoms with Crippen LogP contribution in [0.25, 0.3) is 0 Å². The fourth-order valence-electron chi connectivity index (χ4n) is 0.830. The molecule has 0 radical (unpaired) electrons. The lowest BCUT2D eigenvalue weighted by molar-refractivity contribution is -0.121. The first-order chi connectivity index (χ1) is 5.66. The zero-order valence-corrected chi connectivity index (χ0v) is 7.97. The summed E-state index contributed by atoms with van der Waals surface area (Å²) in [5, 5.41) is 2.73. The fourth-order valence-corrected chi connectivity index (χ4v) is 0.830. The summed E-state index contributed by atoms with van der Waals surface area (Å²) in [5.41, 5.74) is 0. The Morgan fingerprint density at radius 3 is 2.75 bits per heavy atom. The number of nitrogens with one attached hydrogen (secondary N) is 1. The van der Waals surface area contributed by atoms with Crippen molar-refractivity contribution >= 4 is 5.91 Å². The number of nitrogens with zero attached hydrogens (tertiary/aromatic N) is 1. The lowest BCUT2D eigenvalue weighted by Crippen LogP contribution is -2.24. The minimum Gasteiger partial charge on any atom is -0.353 e. The first kappa shape index (κ1) is 11.2. The van der Waals surface area contributed by atoms with Crippen LogP contribution in [0, 0.1) is 0 Å². The van der Waals surface area contributed by atoms with Gasteiger partial charge >= 0.3 is 0 Å². The second-order valence-electron chi connectivity index (χ2n) is 3.00. The van der Waals surface area contributed by atoms with Crippen LogP contribution in [-0.4, -0.2) is 38.0 Å². The third kappa shape index (κ3) is 7.28. The molecule has 0 aromatic rings. The molecule has 1 amide bonds. The molecule has 0 atom stereocenters. The van der Waals surface area contributed by atoms with Crippen LogP contribution in [-0.2, 0) is 4.79 Å². The Hall–Kier alpha value is -0.830. The first-order valence-corrected chi connectivity index (χ1v) is 4.19.